The lowest BCUT2D eigenvalue weighted by Gasteiger charge is -2.36. The summed E-state index contributed by atoms with van der Waals surface area (Å²) < 4.78 is 0. The fourth-order valence-electron chi connectivity index (χ4n) is 5.77. The Bertz CT molecular complexity index is 1240. The van der Waals surface area contributed by atoms with E-state index in [9.17, 15) is 0 Å². The van der Waals surface area contributed by atoms with Crippen LogP contribution in [0.5, 0.6) is 0 Å². The number of hydrogen-bond donors (Lipinski definition) is 0. The molecule has 0 heterocycles. The third-order valence-corrected chi connectivity index (χ3v) is 8.42. The average molecular weight is 535 g/mol. The van der Waals surface area contributed by atoms with E-state index in [2.05, 4.69) is 141 Å². The van der Waals surface area contributed by atoms with Crippen LogP contribution in [0.4, 0.5) is 0 Å². The number of rotatable bonds is 6. The highest BCUT2D eigenvalue weighted by Crippen LogP contribution is 2.42. The van der Waals surface area contributed by atoms with Crippen LogP contribution in [-0.2, 0) is 0 Å². The van der Waals surface area contributed by atoms with Crippen LogP contribution >= 0.6 is 0 Å². The Balaban J connectivity index is 1.82. The first kappa shape index (κ1) is 33.3. The minimum Gasteiger partial charge on any atom is -0.101 e. The van der Waals surface area contributed by atoms with Gasteiger partial charge in [0.05, 0.1) is 5.92 Å². The second-order valence-corrected chi connectivity index (χ2v) is 13.4. The van der Waals surface area contributed by atoms with Crippen molar-refractivity contribution in [2.24, 2.45) is 28.6 Å². The van der Waals surface area contributed by atoms with E-state index in [1.165, 1.54) is 54.4 Å². The molecule has 0 fully saturated rings. The van der Waals surface area contributed by atoms with Gasteiger partial charge in [-0.1, -0.05) is 112 Å². The zero-order valence-electron chi connectivity index (χ0n) is 27.2. The Morgan fingerprint density at radius 1 is 1.05 bits per heavy atom. The summed E-state index contributed by atoms with van der Waals surface area (Å²) in [6, 6.07) is 0. The molecule has 2 rings (SSSR count). The van der Waals surface area contributed by atoms with Crippen molar-refractivity contribution in [3.05, 3.63) is 70.4 Å². The van der Waals surface area contributed by atoms with Gasteiger partial charge in [0.15, 0.2) is 0 Å². The molecule has 0 amide bonds. The van der Waals surface area contributed by atoms with Crippen molar-refractivity contribution in [1.82, 2.24) is 0 Å². The highest BCUT2D eigenvalue weighted by atomic mass is 14.4. The predicted octanol–water partition coefficient (Wildman–Crippen LogP) is 11.0. The van der Waals surface area contributed by atoms with Gasteiger partial charge in [-0.15, -0.1) is 5.92 Å². The second kappa shape index (κ2) is 15.8. The molecule has 3 atom stereocenters. The summed E-state index contributed by atoms with van der Waals surface area (Å²) in [6.07, 6.45) is 23.6. The monoisotopic (exact) mass is 534 g/mol. The van der Waals surface area contributed by atoms with Crippen molar-refractivity contribution in [3.8, 4) is 35.5 Å². The van der Waals surface area contributed by atoms with Gasteiger partial charge < -0.3 is 0 Å². The van der Waals surface area contributed by atoms with Gasteiger partial charge in [0.1, 0.15) is 0 Å². The molecular weight excluding hydrogens is 480 g/mol. The maximum atomic E-state index is 3.36. The molecule has 0 nitrogen and oxygen atoms in total. The third kappa shape index (κ3) is 11.3. The van der Waals surface area contributed by atoms with E-state index in [1.807, 2.05) is 6.08 Å². The summed E-state index contributed by atoms with van der Waals surface area (Å²) in [7, 11) is 0. The Kier molecular flexibility index (Phi) is 13.2. The van der Waals surface area contributed by atoms with Crippen LogP contribution in [-0.4, -0.2) is 0 Å². The summed E-state index contributed by atoms with van der Waals surface area (Å²) in [5.41, 5.74) is 7.39. The zero-order chi connectivity index (χ0) is 29.8. The summed E-state index contributed by atoms with van der Waals surface area (Å²) in [6.45, 7) is 22.6. The van der Waals surface area contributed by atoms with Crippen molar-refractivity contribution < 1.29 is 0 Å². The van der Waals surface area contributed by atoms with Gasteiger partial charge in [-0.25, -0.2) is 0 Å². The first-order valence-corrected chi connectivity index (χ1v) is 15.4. The highest BCUT2D eigenvalue weighted by molar-refractivity contribution is 5.39. The molecule has 0 saturated carbocycles. The molecule has 2 aliphatic carbocycles. The lowest BCUT2D eigenvalue weighted by atomic mass is 9.68. The van der Waals surface area contributed by atoms with Gasteiger partial charge in [0.2, 0.25) is 0 Å². The molecule has 0 spiro atoms. The van der Waals surface area contributed by atoms with E-state index in [4.69, 9.17) is 0 Å². The molecule has 40 heavy (non-hydrogen) atoms. The predicted molar refractivity (Wildman–Crippen MR) is 177 cm³/mol. The maximum absolute atomic E-state index is 3.36. The smallest absolute Gasteiger partial charge is 0.0783 e. The summed E-state index contributed by atoms with van der Waals surface area (Å²) in [5, 5.41) is 0. The van der Waals surface area contributed by atoms with Crippen LogP contribution in [0.1, 0.15) is 114 Å². The Labute approximate surface area is 248 Å². The molecule has 0 aromatic rings. The van der Waals surface area contributed by atoms with Crippen LogP contribution in [0.15, 0.2) is 70.4 Å². The summed E-state index contributed by atoms with van der Waals surface area (Å²) in [4.78, 5) is 0. The Morgan fingerprint density at radius 3 is 2.48 bits per heavy atom. The normalized spacial score (nSPS) is 22.4. The van der Waals surface area contributed by atoms with E-state index < -0.39 is 0 Å². The standard InChI is InChI=1S/C40H54/c1-31(19-13-21-33(3)25-27-37-35(5)23-15-29-39(37,7)8)17-11-12-18-32(2)20-14-22-34(4)26-28-38-36(6)24-16-30-40(38,9)10/h17,21,24-28,32,34,38H,11,15-16,22-23,29-30H2,1-10H3/b27-25+,28-26+,31-17+,33-21+. The van der Waals surface area contributed by atoms with Gasteiger partial charge in [-0.3, -0.25) is 0 Å². The molecule has 2 aliphatic rings. The zero-order valence-corrected chi connectivity index (χ0v) is 27.2. The van der Waals surface area contributed by atoms with E-state index in [-0.39, 0.29) is 11.3 Å². The Morgan fingerprint density at radius 2 is 1.77 bits per heavy atom. The van der Waals surface area contributed by atoms with E-state index in [0.29, 0.717) is 23.7 Å². The fourth-order valence-corrected chi connectivity index (χ4v) is 5.77. The Hall–Kier alpha value is -2.88. The minimum atomic E-state index is 0.0867. The van der Waals surface area contributed by atoms with Crippen molar-refractivity contribution in [2.45, 2.75) is 114 Å². The van der Waals surface area contributed by atoms with Gasteiger partial charge in [-0.2, -0.15) is 0 Å². The van der Waals surface area contributed by atoms with Crippen LogP contribution in [0.25, 0.3) is 0 Å². The lowest BCUT2D eigenvalue weighted by molar-refractivity contribution is 0.255. The molecule has 0 aromatic carbocycles. The molecule has 214 valence electrons. The van der Waals surface area contributed by atoms with E-state index in [0.717, 1.165) is 12.0 Å². The van der Waals surface area contributed by atoms with E-state index >= 15 is 0 Å². The van der Waals surface area contributed by atoms with Crippen molar-refractivity contribution in [1.29, 1.82) is 0 Å². The largest absolute Gasteiger partial charge is 0.101 e. The highest BCUT2D eigenvalue weighted by Gasteiger charge is 2.30. The molecule has 0 aliphatic heterocycles. The summed E-state index contributed by atoms with van der Waals surface area (Å²) >= 11 is 0. The fraction of sp³-hybridized carbons (Fsp3) is 0.550. The molecule has 3 unspecified atom stereocenters. The average Bonchev–Trinajstić information content (AvgIpc) is 2.85. The molecule has 0 bridgehead atoms. The van der Waals surface area contributed by atoms with Crippen LogP contribution < -0.4 is 0 Å². The lowest BCUT2D eigenvalue weighted by Crippen LogP contribution is -2.26. The first-order chi connectivity index (χ1) is 18.8. The van der Waals surface area contributed by atoms with E-state index in [1.54, 1.807) is 0 Å². The number of hydrogen-bond acceptors (Lipinski definition) is 0. The SMILES string of the molecule is CC1=CCCC(C)(C)C1/C=C/C(C)CC#CC(C)C#CC/C=C(\C)C#C/C=C(C)/C=C/C1=C(C)CCCC1(C)C. The van der Waals surface area contributed by atoms with Crippen molar-refractivity contribution >= 4 is 0 Å². The second-order valence-electron chi connectivity index (χ2n) is 13.4. The van der Waals surface area contributed by atoms with Gasteiger partial charge in [0.25, 0.3) is 0 Å². The van der Waals surface area contributed by atoms with Crippen LogP contribution in [0.2, 0.25) is 0 Å². The van der Waals surface area contributed by atoms with Gasteiger partial charge in [0, 0.05) is 18.8 Å². The van der Waals surface area contributed by atoms with Crippen molar-refractivity contribution in [3.63, 3.8) is 0 Å². The molecule has 0 saturated heterocycles. The van der Waals surface area contributed by atoms with Crippen LogP contribution in [0, 0.1) is 64.1 Å². The third-order valence-electron chi connectivity index (χ3n) is 8.42. The molecule has 0 radical (unpaired) electrons. The quantitative estimate of drug-likeness (QED) is 0.181. The first-order valence-electron chi connectivity index (χ1n) is 15.4. The molecule has 0 N–H and O–H groups in total. The topological polar surface area (TPSA) is 0 Å². The molecule has 0 heteroatoms. The molecular formula is C40H54. The number of allylic oxidation sites excluding steroid dienone is 12. The minimum absolute atomic E-state index is 0.0867. The maximum Gasteiger partial charge on any atom is 0.0783 e. The summed E-state index contributed by atoms with van der Waals surface area (Å²) in [5.74, 6) is 20.7. The van der Waals surface area contributed by atoms with Crippen LogP contribution in [0.3, 0.4) is 0 Å². The van der Waals surface area contributed by atoms with Crippen molar-refractivity contribution in [2.75, 3.05) is 0 Å². The van der Waals surface area contributed by atoms with Gasteiger partial charge in [-0.05, 0) is 106 Å². The molecule has 0 aromatic heterocycles. The van der Waals surface area contributed by atoms with Gasteiger partial charge >= 0.3 is 0 Å².